The van der Waals surface area contributed by atoms with Gasteiger partial charge >= 0.3 is 0 Å². The second-order valence-corrected chi connectivity index (χ2v) is 7.25. The van der Waals surface area contributed by atoms with Gasteiger partial charge in [-0.3, -0.25) is 5.10 Å². The van der Waals surface area contributed by atoms with E-state index in [-0.39, 0.29) is 0 Å². The second-order valence-electron chi connectivity index (χ2n) is 7.25. The van der Waals surface area contributed by atoms with Crippen molar-refractivity contribution < 1.29 is 4.74 Å². The topological polar surface area (TPSA) is 76.8 Å². The van der Waals surface area contributed by atoms with E-state index in [0.29, 0.717) is 12.4 Å². The van der Waals surface area contributed by atoms with E-state index in [2.05, 4.69) is 45.5 Å². The van der Waals surface area contributed by atoms with Gasteiger partial charge < -0.3 is 10.5 Å². The minimum atomic E-state index is 0.622. The zero-order valence-corrected chi connectivity index (χ0v) is 16.5. The Hall–Kier alpha value is -3.18. The van der Waals surface area contributed by atoms with E-state index < -0.39 is 0 Å². The summed E-state index contributed by atoms with van der Waals surface area (Å²) in [5.74, 6) is 0.622. The minimum Gasteiger partial charge on any atom is -0.383 e. The van der Waals surface area contributed by atoms with Gasteiger partial charge in [0.15, 0.2) is 0 Å². The zero-order valence-electron chi connectivity index (χ0n) is 16.5. The molecule has 3 N–H and O–H groups in total. The summed E-state index contributed by atoms with van der Waals surface area (Å²) in [5.41, 5.74) is 11.4. The Morgan fingerprint density at radius 2 is 1.83 bits per heavy atom. The van der Waals surface area contributed by atoms with Crippen molar-refractivity contribution in [3.05, 3.63) is 78.0 Å². The third-order valence-corrected chi connectivity index (χ3v) is 5.07. The highest BCUT2D eigenvalue weighted by Crippen LogP contribution is 2.25. The summed E-state index contributed by atoms with van der Waals surface area (Å²) < 4.78 is 5.75. The van der Waals surface area contributed by atoms with E-state index in [1.807, 2.05) is 36.5 Å². The summed E-state index contributed by atoms with van der Waals surface area (Å²) in [5, 5.41) is 8.18. The Bertz CT molecular complexity index is 1050. The number of pyridine rings is 1. The first-order valence-electron chi connectivity index (χ1n) is 10.1. The summed E-state index contributed by atoms with van der Waals surface area (Å²) in [6.45, 7) is 1.47. The molecular formula is C24H26N4O. The normalized spacial score (nSPS) is 11.2. The number of benzene rings is 2. The van der Waals surface area contributed by atoms with E-state index >= 15 is 0 Å². The van der Waals surface area contributed by atoms with Crippen molar-refractivity contribution in [2.24, 2.45) is 0 Å². The molecule has 0 aliphatic carbocycles. The minimum absolute atomic E-state index is 0.622. The van der Waals surface area contributed by atoms with Crippen LogP contribution < -0.4 is 5.73 Å². The van der Waals surface area contributed by atoms with Crippen LogP contribution in [0.15, 0.2) is 66.9 Å². The van der Waals surface area contributed by atoms with E-state index in [9.17, 15) is 0 Å². The standard InChI is InChI=1S/C24H26N4O/c25-24-21(9-5-2-6-14-29-17-18-7-3-1-4-8-18)15-19-10-11-20(16-23(19)27-24)22-12-13-26-28-22/h1,3-4,7-8,10-13,15-16H,2,5-6,9,14,17H2,(H2,25,27)(H,26,28). The molecule has 2 heterocycles. The SMILES string of the molecule is Nc1nc2cc(-c3cc[nH]n3)ccc2cc1CCCCCOCc1ccccc1. The summed E-state index contributed by atoms with van der Waals surface area (Å²) in [7, 11) is 0. The van der Waals surface area contributed by atoms with Gasteiger partial charge in [0.05, 0.1) is 17.8 Å². The smallest absolute Gasteiger partial charge is 0.127 e. The molecule has 4 aromatic rings. The van der Waals surface area contributed by atoms with E-state index in [1.54, 1.807) is 0 Å². The van der Waals surface area contributed by atoms with Crippen LogP contribution in [0.25, 0.3) is 22.2 Å². The van der Waals surface area contributed by atoms with Crippen molar-refractivity contribution in [1.29, 1.82) is 0 Å². The number of anilines is 1. The van der Waals surface area contributed by atoms with Crippen molar-refractivity contribution in [1.82, 2.24) is 15.2 Å². The van der Waals surface area contributed by atoms with Gasteiger partial charge in [-0.05, 0) is 48.6 Å². The fourth-order valence-corrected chi connectivity index (χ4v) is 3.47. The van der Waals surface area contributed by atoms with Gasteiger partial charge in [0, 0.05) is 23.8 Å². The molecule has 0 atom stereocenters. The Kier molecular flexibility index (Phi) is 6.17. The molecule has 0 saturated carbocycles. The number of aromatic nitrogens is 3. The van der Waals surface area contributed by atoms with Crippen molar-refractivity contribution >= 4 is 16.7 Å². The number of hydrogen-bond donors (Lipinski definition) is 2. The summed E-state index contributed by atoms with van der Waals surface area (Å²) >= 11 is 0. The van der Waals surface area contributed by atoms with Gasteiger partial charge in [0.1, 0.15) is 5.82 Å². The number of aryl methyl sites for hydroxylation is 1. The maximum absolute atomic E-state index is 6.22. The third-order valence-electron chi connectivity index (χ3n) is 5.07. The number of fused-ring (bicyclic) bond motifs is 1. The van der Waals surface area contributed by atoms with Gasteiger partial charge in [-0.2, -0.15) is 5.10 Å². The molecule has 0 saturated heterocycles. The van der Waals surface area contributed by atoms with Crippen LogP contribution in [0.5, 0.6) is 0 Å². The van der Waals surface area contributed by atoms with Crippen molar-refractivity contribution in [3.63, 3.8) is 0 Å². The van der Waals surface area contributed by atoms with Crippen LogP contribution in [0.2, 0.25) is 0 Å². The van der Waals surface area contributed by atoms with Gasteiger partial charge in [0.25, 0.3) is 0 Å². The largest absolute Gasteiger partial charge is 0.383 e. The van der Waals surface area contributed by atoms with Crippen molar-refractivity contribution in [2.45, 2.75) is 32.3 Å². The molecule has 0 bridgehead atoms. The molecule has 0 radical (unpaired) electrons. The molecule has 4 rings (SSSR count). The highest BCUT2D eigenvalue weighted by atomic mass is 16.5. The van der Waals surface area contributed by atoms with Gasteiger partial charge in [-0.15, -0.1) is 0 Å². The van der Waals surface area contributed by atoms with Crippen molar-refractivity contribution in [3.8, 4) is 11.3 Å². The Labute approximate surface area is 170 Å². The lowest BCUT2D eigenvalue weighted by Crippen LogP contribution is -2.00. The molecule has 5 heteroatoms. The quantitative estimate of drug-likeness (QED) is 0.391. The molecule has 5 nitrogen and oxygen atoms in total. The first kappa shape index (κ1) is 19.2. The molecule has 148 valence electrons. The molecule has 29 heavy (non-hydrogen) atoms. The van der Waals surface area contributed by atoms with Crippen LogP contribution in [-0.2, 0) is 17.8 Å². The lowest BCUT2D eigenvalue weighted by atomic mass is 10.0. The average molecular weight is 386 g/mol. The molecule has 0 spiro atoms. The number of nitrogen functional groups attached to an aromatic ring is 1. The summed E-state index contributed by atoms with van der Waals surface area (Å²) in [6.07, 6.45) is 6.01. The Morgan fingerprint density at radius 1 is 0.931 bits per heavy atom. The molecule has 0 fully saturated rings. The number of unbranched alkanes of at least 4 members (excludes halogenated alkanes) is 2. The second kappa shape index (κ2) is 9.34. The van der Waals surface area contributed by atoms with Crippen molar-refractivity contribution in [2.75, 3.05) is 12.3 Å². The summed E-state index contributed by atoms with van der Waals surface area (Å²) in [4.78, 5) is 4.62. The number of hydrogen-bond acceptors (Lipinski definition) is 4. The van der Waals surface area contributed by atoms with Gasteiger partial charge in [0.2, 0.25) is 0 Å². The van der Waals surface area contributed by atoms with E-state index in [1.165, 1.54) is 5.56 Å². The predicted octanol–water partition coefficient (Wildman–Crippen LogP) is 5.14. The summed E-state index contributed by atoms with van der Waals surface area (Å²) in [6, 6.07) is 20.6. The highest BCUT2D eigenvalue weighted by Gasteiger charge is 2.07. The predicted molar refractivity (Wildman–Crippen MR) is 117 cm³/mol. The van der Waals surface area contributed by atoms with Gasteiger partial charge in [-0.1, -0.05) is 48.9 Å². The monoisotopic (exact) mass is 386 g/mol. The molecule has 2 aromatic heterocycles. The number of aromatic amines is 1. The van der Waals surface area contributed by atoms with E-state index in [4.69, 9.17) is 10.5 Å². The Morgan fingerprint density at radius 3 is 2.66 bits per heavy atom. The number of ether oxygens (including phenoxy) is 1. The molecule has 0 aliphatic rings. The maximum Gasteiger partial charge on any atom is 0.127 e. The van der Waals surface area contributed by atoms with Gasteiger partial charge in [-0.25, -0.2) is 4.98 Å². The molecule has 0 amide bonds. The highest BCUT2D eigenvalue weighted by molar-refractivity contribution is 5.85. The van der Waals surface area contributed by atoms with Crippen LogP contribution >= 0.6 is 0 Å². The van der Waals surface area contributed by atoms with Crippen LogP contribution in [0.1, 0.15) is 30.4 Å². The first-order valence-corrected chi connectivity index (χ1v) is 10.1. The number of rotatable bonds is 9. The van der Waals surface area contributed by atoms with Crippen LogP contribution in [0.3, 0.4) is 0 Å². The van der Waals surface area contributed by atoms with Crippen LogP contribution in [-0.4, -0.2) is 21.8 Å². The van der Waals surface area contributed by atoms with E-state index in [0.717, 1.165) is 60.0 Å². The third kappa shape index (κ3) is 5.00. The lowest BCUT2D eigenvalue weighted by Gasteiger charge is -2.09. The Balaban J connectivity index is 1.27. The first-order chi connectivity index (χ1) is 14.3. The van der Waals surface area contributed by atoms with Crippen LogP contribution in [0, 0.1) is 0 Å². The lowest BCUT2D eigenvalue weighted by molar-refractivity contribution is 0.117. The fraction of sp³-hybridized carbons (Fsp3) is 0.250. The number of H-pyrrole nitrogens is 1. The zero-order chi connectivity index (χ0) is 19.9. The number of nitrogens with two attached hydrogens (primary N) is 1. The molecule has 0 unspecified atom stereocenters. The molecule has 2 aromatic carbocycles. The molecule has 0 aliphatic heterocycles. The maximum atomic E-state index is 6.22. The number of nitrogens with zero attached hydrogens (tertiary/aromatic N) is 2. The fourth-order valence-electron chi connectivity index (χ4n) is 3.47. The number of nitrogens with one attached hydrogen (secondary N) is 1. The average Bonchev–Trinajstić information content (AvgIpc) is 3.28. The molecular weight excluding hydrogens is 360 g/mol. The van der Waals surface area contributed by atoms with Crippen LogP contribution in [0.4, 0.5) is 5.82 Å².